The van der Waals surface area contributed by atoms with E-state index in [-0.39, 0.29) is 18.2 Å². The third-order valence-corrected chi connectivity index (χ3v) is 2.82. The lowest BCUT2D eigenvalue weighted by atomic mass is 10.1. The van der Waals surface area contributed by atoms with E-state index in [1.165, 1.54) is 0 Å². The van der Waals surface area contributed by atoms with Crippen molar-refractivity contribution in [3.8, 4) is 0 Å². The van der Waals surface area contributed by atoms with Gasteiger partial charge in [-0.1, -0.05) is 0 Å². The number of morpholine rings is 1. The van der Waals surface area contributed by atoms with Crippen LogP contribution < -0.4 is 10.2 Å². The zero-order valence-corrected chi connectivity index (χ0v) is 11.8. The maximum atomic E-state index is 9.17. The standard InChI is InChI=1S/C13H22N4O2/c1-13(2,3)16-11-6-12(15-9-14-11)17-4-5-19-10(7-17)8-18/h6,9-10,18H,4-5,7-8H2,1-3H3,(H,14,15,16). The average molecular weight is 266 g/mol. The van der Waals surface area contributed by atoms with E-state index >= 15 is 0 Å². The number of aliphatic hydroxyl groups is 1. The van der Waals surface area contributed by atoms with Crippen molar-refractivity contribution in [2.24, 2.45) is 0 Å². The van der Waals surface area contributed by atoms with Crippen LogP contribution >= 0.6 is 0 Å². The molecule has 1 unspecified atom stereocenters. The molecule has 0 aliphatic carbocycles. The van der Waals surface area contributed by atoms with Crippen LogP contribution in [0, 0.1) is 0 Å². The van der Waals surface area contributed by atoms with Crippen LogP contribution in [0.4, 0.5) is 11.6 Å². The van der Waals surface area contributed by atoms with Crippen LogP contribution in [-0.4, -0.2) is 53.0 Å². The molecular weight excluding hydrogens is 244 g/mol. The number of aromatic nitrogens is 2. The van der Waals surface area contributed by atoms with Gasteiger partial charge in [-0.25, -0.2) is 9.97 Å². The molecule has 106 valence electrons. The van der Waals surface area contributed by atoms with Gasteiger partial charge in [0, 0.05) is 24.7 Å². The fourth-order valence-corrected chi connectivity index (χ4v) is 2.01. The minimum absolute atomic E-state index is 0.0364. The molecule has 1 fully saturated rings. The van der Waals surface area contributed by atoms with Gasteiger partial charge in [-0.05, 0) is 20.8 Å². The van der Waals surface area contributed by atoms with Gasteiger partial charge in [-0.3, -0.25) is 0 Å². The topological polar surface area (TPSA) is 70.5 Å². The third kappa shape index (κ3) is 4.04. The van der Waals surface area contributed by atoms with Gasteiger partial charge in [0.15, 0.2) is 0 Å². The van der Waals surface area contributed by atoms with Crippen LogP contribution in [0.3, 0.4) is 0 Å². The molecule has 6 nitrogen and oxygen atoms in total. The molecular formula is C13H22N4O2. The van der Waals surface area contributed by atoms with Crippen molar-refractivity contribution in [3.05, 3.63) is 12.4 Å². The van der Waals surface area contributed by atoms with Crippen molar-refractivity contribution in [2.75, 3.05) is 36.5 Å². The molecule has 6 heteroatoms. The molecule has 19 heavy (non-hydrogen) atoms. The molecule has 1 aliphatic heterocycles. The SMILES string of the molecule is CC(C)(C)Nc1cc(N2CCOC(CO)C2)ncn1. The Bertz CT molecular complexity index is 419. The maximum absolute atomic E-state index is 9.17. The number of anilines is 2. The number of hydrogen-bond donors (Lipinski definition) is 2. The Kier molecular flexibility index (Phi) is 4.21. The molecule has 0 spiro atoms. The highest BCUT2D eigenvalue weighted by molar-refractivity contribution is 5.49. The van der Waals surface area contributed by atoms with Crippen molar-refractivity contribution in [2.45, 2.75) is 32.4 Å². The zero-order valence-electron chi connectivity index (χ0n) is 11.8. The highest BCUT2D eigenvalue weighted by Gasteiger charge is 2.21. The van der Waals surface area contributed by atoms with E-state index in [9.17, 15) is 0 Å². The van der Waals surface area contributed by atoms with Gasteiger partial charge in [0.1, 0.15) is 18.0 Å². The van der Waals surface area contributed by atoms with E-state index in [0.29, 0.717) is 13.2 Å². The fourth-order valence-electron chi connectivity index (χ4n) is 2.01. The highest BCUT2D eigenvalue weighted by atomic mass is 16.5. The molecule has 1 saturated heterocycles. The molecule has 1 aliphatic rings. The maximum Gasteiger partial charge on any atom is 0.134 e. The Morgan fingerprint density at radius 3 is 2.95 bits per heavy atom. The second-order valence-electron chi connectivity index (χ2n) is 5.76. The summed E-state index contributed by atoms with van der Waals surface area (Å²) >= 11 is 0. The Morgan fingerprint density at radius 2 is 2.26 bits per heavy atom. The molecule has 2 N–H and O–H groups in total. The second kappa shape index (κ2) is 5.71. The number of nitrogens with zero attached hydrogens (tertiary/aromatic N) is 3. The average Bonchev–Trinajstić information content (AvgIpc) is 2.37. The molecule has 1 atom stereocenters. The van der Waals surface area contributed by atoms with E-state index in [1.807, 2.05) is 6.07 Å². The van der Waals surface area contributed by atoms with Crippen LogP contribution in [0.25, 0.3) is 0 Å². The van der Waals surface area contributed by atoms with E-state index in [1.54, 1.807) is 6.33 Å². The second-order valence-corrected chi connectivity index (χ2v) is 5.76. The predicted molar refractivity (Wildman–Crippen MR) is 74.4 cm³/mol. The first-order valence-electron chi connectivity index (χ1n) is 6.55. The molecule has 0 amide bonds. The summed E-state index contributed by atoms with van der Waals surface area (Å²) in [4.78, 5) is 10.6. The molecule has 1 aromatic heterocycles. The molecule has 2 rings (SSSR count). The van der Waals surface area contributed by atoms with E-state index in [0.717, 1.165) is 18.2 Å². The van der Waals surface area contributed by atoms with E-state index < -0.39 is 0 Å². The van der Waals surface area contributed by atoms with Gasteiger partial charge in [0.2, 0.25) is 0 Å². The quantitative estimate of drug-likeness (QED) is 0.846. The Labute approximate surface area is 113 Å². The van der Waals surface area contributed by atoms with Gasteiger partial charge in [-0.2, -0.15) is 0 Å². The van der Waals surface area contributed by atoms with Crippen molar-refractivity contribution < 1.29 is 9.84 Å². The lowest BCUT2D eigenvalue weighted by molar-refractivity contribution is 0.00336. The van der Waals surface area contributed by atoms with Crippen molar-refractivity contribution in [1.29, 1.82) is 0 Å². The molecule has 2 heterocycles. The van der Waals surface area contributed by atoms with Crippen LogP contribution in [0.5, 0.6) is 0 Å². The summed E-state index contributed by atoms with van der Waals surface area (Å²) in [6.07, 6.45) is 1.43. The summed E-state index contributed by atoms with van der Waals surface area (Å²) in [5.41, 5.74) is -0.0374. The number of hydrogen-bond acceptors (Lipinski definition) is 6. The first kappa shape index (κ1) is 14.0. The van der Waals surface area contributed by atoms with Crippen LogP contribution in [0.1, 0.15) is 20.8 Å². The lowest BCUT2D eigenvalue weighted by Gasteiger charge is -2.33. The summed E-state index contributed by atoms with van der Waals surface area (Å²) in [7, 11) is 0. The summed E-state index contributed by atoms with van der Waals surface area (Å²) < 4.78 is 5.44. The molecule has 0 saturated carbocycles. The van der Waals surface area contributed by atoms with Crippen molar-refractivity contribution >= 4 is 11.6 Å². The van der Waals surface area contributed by atoms with Crippen LogP contribution in [-0.2, 0) is 4.74 Å². The summed E-state index contributed by atoms with van der Waals surface area (Å²) in [5.74, 6) is 1.67. The molecule has 0 aromatic carbocycles. The van der Waals surface area contributed by atoms with Crippen LogP contribution in [0.2, 0.25) is 0 Å². The minimum atomic E-state index is -0.136. The van der Waals surface area contributed by atoms with Gasteiger partial charge >= 0.3 is 0 Å². The van der Waals surface area contributed by atoms with Gasteiger partial charge in [-0.15, -0.1) is 0 Å². The predicted octanol–water partition coefficient (Wildman–Crippen LogP) is 0.884. The largest absolute Gasteiger partial charge is 0.394 e. The van der Waals surface area contributed by atoms with Gasteiger partial charge in [0.05, 0.1) is 19.3 Å². The number of ether oxygens (including phenoxy) is 1. The van der Waals surface area contributed by atoms with E-state index in [2.05, 4.69) is 41.0 Å². The Balaban J connectivity index is 2.09. The first-order valence-corrected chi connectivity index (χ1v) is 6.55. The number of rotatable bonds is 3. The third-order valence-electron chi connectivity index (χ3n) is 2.82. The number of aliphatic hydroxyl groups excluding tert-OH is 1. The summed E-state index contributed by atoms with van der Waals surface area (Å²) in [5, 5.41) is 12.5. The highest BCUT2D eigenvalue weighted by Crippen LogP contribution is 2.19. The fraction of sp³-hybridized carbons (Fsp3) is 0.692. The summed E-state index contributed by atoms with van der Waals surface area (Å²) in [6, 6.07) is 1.94. The molecule has 0 radical (unpaired) electrons. The Morgan fingerprint density at radius 1 is 1.47 bits per heavy atom. The number of nitrogens with one attached hydrogen (secondary N) is 1. The zero-order chi connectivity index (χ0) is 13.9. The van der Waals surface area contributed by atoms with Crippen molar-refractivity contribution in [3.63, 3.8) is 0 Å². The van der Waals surface area contributed by atoms with Gasteiger partial charge < -0.3 is 20.1 Å². The van der Waals surface area contributed by atoms with Crippen molar-refractivity contribution in [1.82, 2.24) is 9.97 Å². The normalized spacial score (nSPS) is 20.4. The lowest BCUT2D eigenvalue weighted by Crippen LogP contribution is -2.44. The van der Waals surface area contributed by atoms with Gasteiger partial charge in [0.25, 0.3) is 0 Å². The smallest absolute Gasteiger partial charge is 0.134 e. The Hall–Kier alpha value is -1.40. The molecule has 1 aromatic rings. The van der Waals surface area contributed by atoms with Crippen LogP contribution in [0.15, 0.2) is 12.4 Å². The minimum Gasteiger partial charge on any atom is -0.394 e. The monoisotopic (exact) mass is 266 g/mol. The van der Waals surface area contributed by atoms with E-state index in [4.69, 9.17) is 9.84 Å². The summed E-state index contributed by atoms with van der Waals surface area (Å²) in [6.45, 7) is 8.35. The molecule has 0 bridgehead atoms. The first-order chi connectivity index (χ1) is 8.98.